The van der Waals surface area contributed by atoms with E-state index in [0.717, 1.165) is 75.8 Å². The number of aliphatic hydroxyl groups is 1. The molecule has 5 unspecified atom stereocenters. The van der Waals surface area contributed by atoms with Crippen LogP contribution in [-0.4, -0.2) is 81.3 Å². The van der Waals surface area contributed by atoms with Crippen LogP contribution in [0.2, 0.25) is 0 Å². The van der Waals surface area contributed by atoms with Crippen molar-refractivity contribution in [2.75, 3.05) is 54.5 Å². The van der Waals surface area contributed by atoms with E-state index in [4.69, 9.17) is 27.2 Å². The summed E-state index contributed by atoms with van der Waals surface area (Å²) in [6, 6.07) is 7.94. The molecule has 2 fully saturated rings. The van der Waals surface area contributed by atoms with E-state index < -0.39 is 14.1 Å². The van der Waals surface area contributed by atoms with Crippen LogP contribution >= 0.6 is 0 Å². The molecule has 0 aliphatic carbocycles. The standard InChI is InChI=1S/C19H29NO3.C19H27NO3/c2*1-12(2)19(21)14-5-6-16-15-10-18(23-4)17(22-3)9-13(15)7-8-20(16)11-14/h9-10,12,14,16,19,21H,5-8,11H2,1-4H3;9-10,12,14,16H,5-8,11H2,1-4H3/i2*4D3. The molecule has 0 bridgehead atoms. The molecule has 8 nitrogen and oxygen atoms in total. The molecular formula is C38H56N2O6. The lowest BCUT2D eigenvalue weighted by molar-refractivity contribution is -0.128. The van der Waals surface area contributed by atoms with Crippen molar-refractivity contribution in [1.29, 1.82) is 0 Å². The van der Waals surface area contributed by atoms with E-state index in [0.29, 0.717) is 23.2 Å². The van der Waals surface area contributed by atoms with Gasteiger partial charge in [0.2, 0.25) is 0 Å². The van der Waals surface area contributed by atoms with Gasteiger partial charge in [-0.25, -0.2) is 0 Å². The van der Waals surface area contributed by atoms with Gasteiger partial charge in [-0.1, -0.05) is 27.7 Å². The fourth-order valence-electron chi connectivity index (χ4n) is 8.14. The van der Waals surface area contributed by atoms with Gasteiger partial charge in [0.05, 0.1) is 42.6 Å². The van der Waals surface area contributed by atoms with Gasteiger partial charge in [0.25, 0.3) is 0 Å². The van der Waals surface area contributed by atoms with E-state index in [1.54, 1.807) is 0 Å². The first-order chi connectivity index (χ1) is 24.4. The second-order valence-electron chi connectivity index (χ2n) is 14.0. The number of carbonyl (C=O) groups is 1. The fraction of sp³-hybridized carbons (Fsp3) is 0.658. The number of ketones is 1. The topological polar surface area (TPSA) is 80.7 Å². The van der Waals surface area contributed by atoms with Crippen molar-refractivity contribution >= 4 is 5.78 Å². The lowest BCUT2D eigenvalue weighted by Crippen LogP contribution is -2.46. The van der Waals surface area contributed by atoms with E-state index in [1.807, 2.05) is 38.1 Å². The van der Waals surface area contributed by atoms with Gasteiger partial charge < -0.3 is 24.1 Å². The second-order valence-corrected chi connectivity index (χ2v) is 14.0. The van der Waals surface area contributed by atoms with Crippen LogP contribution in [0.25, 0.3) is 0 Å². The van der Waals surface area contributed by atoms with Crippen molar-refractivity contribution in [1.82, 2.24) is 9.80 Å². The predicted molar refractivity (Wildman–Crippen MR) is 181 cm³/mol. The monoisotopic (exact) mass is 642 g/mol. The molecule has 5 atom stereocenters. The van der Waals surface area contributed by atoms with E-state index in [-0.39, 0.29) is 47.4 Å². The zero-order valence-corrected chi connectivity index (χ0v) is 28.3. The smallest absolute Gasteiger partial charge is 0.161 e. The summed E-state index contributed by atoms with van der Waals surface area (Å²) in [5.74, 6) is 2.53. The van der Waals surface area contributed by atoms with Gasteiger partial charge >= 0.3 is 0 Å². The van der Waals surface area contributed by atoms with Crippen LogP contribution in [0.1, 0.15) is 95.9 Å². The molecule has 0 amide bonds. The zero-order valence-electron chi connectivity index (χ0n) is 34.3. The number of rotatable bonds is 8. The number of carbonyl (C=O) groups excluding carboxylic acids is 1. The van der Waals surface area contributed by atoms with Crippen molar-refractivity contribution in [3.8, 4) is 23.0 Å². The Morgan fingerprint density at radius 2 is 1.26 bits per heavy atom. The van der Waals surface area contributed by atoms with Crippen molar-refractivity contribution in [3.63, 3.8) is 0 Å². The fourth-order valence-corrected chi connectivity index (χ4v) is 8.14. The number of fused-ring (bicyclic) bond motifs is 6. The van der Waals surface area contributed by atoms with Gasteiger partial charge in [0.15, 0.2) is 23.0 Å². The first kappa shape index (κ1) is 27.2. The molecule has 4 aliphatic heterocycles. The molecule has 46 heavy (non-hydrogen) atoms. The van der Waals surface area contributed by atoms with Gasteiger partial charge in [0, 0.05) is 50.1 Å². The summed E-state index contributed by atoms with van der Waals surface area (Å²) in [5, 5.41) is 10.5. The predicted octanol–water partition coefficient (Wildman–Crippen LogP) is 6.27. The summed E-state index contributed by atoms with van der Waals surface area (Å²) >= 11 is 0. The number of hydrogen-bond acceptors (Lipinski definition) is 8. The lowest BCUT2D eigenvalue weighted by atomic mass is 9.79. The molecule has 2 saturated heterocycles. The third-order valence-corrected chi connectivity index (χ3v) is 10.7. The minimum absolute atomic E-state index is 0.0668. The van der Waals surface area contributed by atoms with Crippen molar-refractivity contribution < 1.29 is 37.1 Å². The summed E-state index contributed by atoms with van der Waals surface area (Å²) in [5.41, 5.74) is 4.61. The molecule has 8 heteroatoms. The molecule has 254 valence electrons. The molecule has 0 spiro atoms. The van der Waals surface area contributed by atoms with Crippen LogP contribution in [0.15, 0.2) is 24.3 Å². The molecule has 0 saturated carbocycles. The van der Waals surface area contributed by atoms with Crippen LogP contribution < -0.4 is 18.9 Å². The normalized spacial score (nSPS) is 27.3. The van der Waals surface area contributed by atoms with E-state index in [1.165, 1.54) is 25.3 Å². The summed E-state index contributed by atoms with van der Waals surface area (Å²) < 4.78 is 65.4. The van der Waals surface area contributed by atoms with Gasteiger partial charge in [-0.05, 0) is 96.9 Å². The number of benzene rings is 2. The summed E-state index contributed by atoms with van der Waals surface area (Å²) in [4.78, 5) is 17.2. The molecule has 4 heterocycles. The van der Waals surface area contributed by atoms with Gasteiger partial charge in [-0.2, -0.15) is 0 Å². The van der Waals surface area contributed by atoms with E-state index in [9.17, 15) is 9.90 Å². The van der Waals surface area contributed by atoms with Crippen LogP contribution in [-0.2, 0) is 17.6 Å². The van der Waals surface area contributed by atoms with Crippen molar-refractivity contribution in [2.45, 2.75) is 84.4 Å². The van der Waals surface area contributed by atoms with Crippen LogP contribution in [0.5, 0.6) is 23.0 Å². The number of ether oxygens (including phenoxy) is 4. The van der Waals surface area contributed by atoms with Gasteiger partial charge in [-0.15, -0.1) is 0 Å². The highest BCUT2D eigenvalue weighted by Crippen LogP contribution is 2.45. The number of aliphatic hydroxyl groups excluding tert-OH is 1. The van der Waals surface area contributed by atoms with Crippen LogP contribution in [0.4, 0.5) is 0 Å². The van der Waals surface area contributed by atoms with Gasteiger partial charge in [-0.3, -0.25) is 14.6 Å². The maximum atomic E-state index is 12.4. The zero-order chi connectivity index (χ0) is 38.1. The third-order valence-electron chi connectivity index (χ3n) is 10.7. The van der Waals surface area contributed by atoms with Crippen LogP contribution in [0, 0.1) is 23.7 Å². The highest BCUT2D eigenvalue weighted by Gasteiger charge is 2.38. The number of hydrogen-bond donors (Lipinski definition) is 1. The molecule has 2 aromatic rings. The minimum atomic E-state index is -2.52. The molecule has 2 aromatic carbocycles. The Hall–Kier alpha value is -2.81. The second kappa shape index (κ2) is 15.0. The number of piperidine rings is 2. The van der Waals surface area contributed by atoms with Crippen molar-refractivity contribution in [2.24, 2.45) is 23.7 Å². The lowest BCUT2D eigenvalue weighted by Gasteiger charge is -2.45. The molecule has 1 N–H and O–H groups in total. The maximum Gasteiger partial charge on any atom is 0.161 e. The Labute approximate surface area is 284 Å². The van der Waals surface area contributed by atoms with E-state index in [2.05, 4.69) is 23.6 Å². The Kier molecular flexibility index (Phi) is 8.83. The minimum Gasteiger partial charge on any atom is -0.493 e. The first-order valence-electron chi connectivity index (χ1n) is 19.9. The molecule has 4 aliphatic rings. The molecule has 6 rings (SSSR count). The maximum absolute atomic E-state index is 12.4. The van der Waals surface area contributed by atoms with Crippen molar-refractivity contribution in [3.05, 3.63) is 46.5 Å². The SMILES string of the molecule is [2H]C([2H])([2H])Oc1cc2c(cc1OC)CCN1CC(C(=O)C(C)C)CCC21.[2H]C([2H])([2H])Oc1cc2c(cc1OC)CCN1CC(C(O)C(C)C)CCC21. The average Bonchev–Trinajstić information content (AvgIpc) is 3.08. The van der Waals surface area contributed by atoms with E-state index >= 15 is 0 Å². The Morgan fingerprint density at radius 3 is 1.74 bits per heavy atom. The summed E-state index contributed by atoms with van der Waals surface area (Å²) in [6.45, 7) is 11.6. The largest absolute Gasteiger partial charge is 0.493 e. The summed E-state index contributed by atoms with van der Waals surface area (Å²) in [6.07, 6.45) is 5.18. The highest BCUT2D eigenvalue weighted by atomic mass is 16.5. The third kappa shape index (κ3) is 7.04. The first-order valence-corrected chi connectivity index (χ1v) is 16.9. The number of Topliss-reactive ketones (excluding diaryl/α,β-unsaturated/α-hetero) is 1. The summed E-state index contributed by atoms with van der Waals surface area (Å²) in [7, 11) is -1.97. The number of nitrogens with zero attached hydrogens (tertiary/aromatic N) is 2. The Morgan fingerprint density at radius 1 is 0.761 bits per heavy atom. The van der Waals surface area contributed by atoms with Gasteiger partial charge in [0.1, 0.15) is 5.78 Å². The number of methoxy groups -OCH3 is 4. The Bertz CT molecular complexity index is 1560. The highest BCUT2D eigenvalue weighted by molar-refractivity contribution is 5.83. The van der Waals surface area contributed by atoms with Crippen LogP contribution in [0.3, 0.4) is 0 Å². The molecule has 0 radical (unpaired) electrons. The average molecular weight is 643 g/mol. The molecule has 0 aromatic heterocycles. The molecular weight excluding hydrogens is 580 g/mol. The quantitative estimate of drug-likeness (QED) is 0.361. The Balaban J connectivity index is 0.000000201.